The minimum Gasteiger partial charge on any atom is -0.487 e. The zero-order chi connectivity index (χ0) is 27.1. The van der Waals surface area contributed by atoms with Gasteiger partial charge in [-0.15, -0.1) is 0 Å². The van der Waals surface area contributed by atoms with Crippen molar-refractivity contribution in [1.29, 1.82) is 0 Å². The minimum absolute atomic E-state index is 0.0276. The fourth-order valence-corrected chi connectivity index (χ4v) is 4.26. The van der Waals surface area contributed by atoms with E-state index in [9.17, 15) is 23.2 Å². The molecular formula is C26H31F2N3O6. The molecule has 37 heavy (non-hydrogen) atoms. The van der Waals surface area contributed by atoms with Gasteiger partial charge in [-0.25, -0.2) is 9.78 Å². The molecule has 2 atom stereocenters. The van der Waals surface area contributed by atoms with Gasteiger partial charge >= 0.3 is 12.6 Å². The zero-order valence-electron chi connectivity index (χ0n) is 21.2. The van der Waals surface area contributed by atoms with E-state index in [0.717, 1.165) is 5.56 Å². The summed E-state index contributed by atoms with van der Waals surface area (Å²) in [5.74, 6) is -1.39. The molecule has 200 valence electrons. The predicted molar refractivity (Wildman–Crippen MR) is 129 cm³/mol. The topological polar surface area (TPSA) is 107 Å². The Labute approximate surface area is 214 Å². The van der Waals surface area contributed by atoms with E-state index < -0.39 is 18.6 Å². The first kappa shape index (κ1) is 27.8. The molecule has 9 nitrogen and oxygen atoms in total. The number of carbonyl (C=O) groups excluding carboxylic acids is 3. The largest absolute Gasteiger partial charge is 0.487 e. The van der Waals surface area contributed by atoms with Crippen molar-refractivity contribution < 1.29 is 37.4 Å². The number of benzene rings is 1. The Balaban J connectivity index is 1.77. The number of halogens is 2. The summed E-state index contributed by atoms with van der Waals surface area (Å²) in [7, 11) is 0. The summed E-state index contributed by atoms with van der Waals surface area (Å²) in [5.41, 5.74) is 1.33. The van der Waals surface area contributed by atoms with Gasteiger partial charge in [-0.2, -0.15) is 8.78 Å². The maximum atomic E-state index is 13.1. The monoisotopic (exact) mass is 519 g/mol. The Hall–Kier alpha value is -3.76. The zero-order valence-corrected chi connectivity index (χ0v) is 21.2. The number of ether oxygens (including phenoxy) is 3. The lowest BCUT2D eigenvalue weighted by molar-refractivity contribution is -0.136. The first-order valence-corrected chi connectivity index (χ1v) is 12.0. The molecule has 0 spiro atoms. The number of aromatic nitrogens is 1. The van der Waals surface area contributed by atoms with E-state index in [-0.39, 0.29) is 60.7 Å². The smallest absolute Gasteiger partial charge is 0.387 e. The molecule has 1 aromatic heterocycles. The van der Waals surface area contributed by atoms with Crippen LogP contribution in [0.15, 0.2) is 36.5 Å². The molecule has 1 aromatic carbocycles. The van der Waals surface area contributed by atoms with Gasteiger partial charge in [-0.3, -0.25) is 9.59 Å². The fraction of sp³-hybridized carbons (Fsp3) is 0.462. The van der Waals surface area contributed by atoms with E-state index in [4.69, 9.17) is 9.47 Å². The second-order valence-corrected chi connectivity index (χ2v) is 8.82. The van der Waals surface area contributed by atoms with Crippen molar-refractivity contribution in [2.24, 2.45) is 0 Å². The van der Waals surface area contributed by atoms with Crippen LogP contribution in [0.1, 0.15) is 61.6 Å². The van der Waals surface area contributed by atoms with Crippen LogP contribution in [0.3, 0.4) is 0 Å². The highest BCUT2D eigenvalue weighted by Gasteiger charge is 2.39. The normalized spacial score (nSPS) is 17.1. The van der Waals surface area contributed by atoms with Gasteiger partial charge in [0.1, 0.15) is 6.04 Å². The van der Waals surface area contributed by atoms with Gasteiger partial charge in [0.15, 0.2) is 17.2 Å². The Morgan fingerprint density at radius 2 is 1.92 bits per heavy atom. The number of rotatable bonds is 10. The van der Waals surface area contributed by atoms with Crippen molar-refractivity contribution in [1.82, 2.24) is 15.2 Å². The van der Waals surface area contributed by atoms with E-state index in [0.29, 0.717) is 12.0 Å². The van der Waals surface area contributed by atoms with Crippen LogP contribution in [0, 0.1) is 0 Å². The molecule has 1 unspecified atom stereocenters. The summed E-state index contributed by atoms with van der Waals surface area (Å²) < 4.78 is 40.9. The van der Waals surface area contributed by atoms with Crippen LogP contribution in [0.4, 0.5) is 8.78 Å². The average Bonchev–Trinajstić information content (AvgIpc) is 3.29. The van der Waals surface area contributed by atoms with Crippen LogP contribution < -0.4 is 14.8 Å². The average molecular weight is 520 g/mol. The van der Waals surface area contributed by atoms with Gasteiger partial charge in [0.2, 0.25) is 11.8 Å². The molecule has 11 heteroatoms. The summed E-state index contributed by atoms with van der Waals surface area (Å²) in [6.45, 7) is 4.09. The molecule has 1 aliphatic heterocycles. The number of hydrogen-bond acceptors (Lipinski definition) is 7. The van der Waals surface area contributed by atoms with Crippen molar-refractivity contribution >= 4 is 17.8 Å². The van der Waals surface area contributed by atoms with Crippen LogP contribution in [0.25, 0.3) is 0 Å². The van der Waals surface area contributed by atoms with Gasteiger partial charge in [-0.1, -0.05) is 12.1 Å². The van der Waals surface area contributed by atoms with E-state index in [2.05, 4.69) is 15.0 Å². The molecule has 0 radical (unpaired) electrons. The third kappa shape index (κ3) is 7.14. The molecule has 0 aliphatic carbocycles. The summed E-state index contributed by atoms with van der Waals surface area (Å²) in [6.07, 6.45) is 1.50. The number of hydrogen-bond donors (Lipinski definition) is 1. The van der Waals surface area contributed by atoms with Gasteiger partial charge in [0, 0.05) is 37.7 Å². The molecule has 1 N–H and O–H groups in total. The molecule has 1 saturated heterocycles. The number of nitrogens with one attached hydrogen (secondary N) is 1. The number of nitrogens with zero attached hydrogens (tertiary/aromatic N) is 2. The van der Waals surface area contributed by atoms with Gasteiger partial charge in [-0.05, 0) is 51.0 Å². The third-order valence-corrected chi connectivity index (χ3v) is 5.84. The molecule has 0 bridgehead atoms. The number of carbonyl (C=O) groups is 3. The van der Waals surface area contributed by atoms with E-state index in [1.165, 1.54) is 24.1 Å². The van der Waals surface area contributed by atoms with Crippen molar-refractivity contribution in [2.45, 2.75) is 65.3 Å². The summed E-state index contributed by atoms with van der Waals surface area (Å²) in [6, 6.07) is 7.22. The van der Waals surface area contributed by atoms with Crippen LogP contribution in [0.2, 0.25) is 0 Å². The number of amides is 2. The van der Waals surface area contributed by atoms with Gasteiger partial charge < -0.3 is 24.4 Å². The minimum atomic E-state index is -3.00. The molecule has 2 amide bonds. The molecule has 0 saturated carbocycles. The highest BCUT2D eigenvalue weighted by molar-refractivity contribution is 5.90. The fourth-order valence-electron chi connectivity index (χ4n) is 4.26. The highest BCUT2D eigenvalue weighted by Crippen LogP contribution is 2.38. The second kappa shape index (κ2) is 12.5. The summed E-state index contributed by atoms with van der Waals surface area (Å²) >= 11 is 0. The SMILES string of the molecule is CCOC(=O)c1ncccc1CNC(=O)[C@H]1CC(c2ccc(OC(F)F)c(OC(C)C)c2)CN1C(C)=O. The van der Waals surface area contributed by atoms with E-state index >= 15 is 0 Å². The van der Waals surface area contributed by atoms with Crippen molar-refractivity contribution in [3.8, 4) is 11.5 Å². The highest BCUT2D eigenvalue weighted by atomic mass is 19.3. The number of alkyl halides is 2. The lowest BCUT2D eigenvalue weighted by Gasteiger charge is -2.22. The maximum absolute atomic E-state index is 13.1. The van der Waals surface area contributed by atoms with Gasteiger partial charge in [0.05, 0.1) is 12.7 Å². The second-order valence-electron chi connectivity index (χ2n) is 8.82. The Morgan fingerprint density at radius 3 is 2.57 bits per heavy atom. The molecule has 2 heterocycles. The molecule has 2 aromatic rings. The van der Waals surface area contributed by atoms with Crippen LogP contribution in [-0.2, 0) is 20.9 Å². The van der Waals surface area contributed by atoms with Crippen molar-refractivity contribution in [3.63, 3.8) is 0 Å². The lowest BCUT2D eigenvalue weighted by atomic mass is 9.95. The quantitative estimate of drug-likeness (QED) is 0.478. The maximum Gasteiger partial charge on any atom is 0.387 e. The Bertz CT molecular complexity index is 1130. The number of esters is 1. The summed E-state index contributed by atoms with van der Waals surface area (Å²) in [5, 5.41) is 2.79. The number of pyridine rings is 1. The predicted octanol–water partition coefficient (Wildman–Crippen LogP) is 3.67. The van der Waals surface area contributed by atoms with Crippen molar-refractivity contribution in [2.75, 3.05) is 13.2 Å². The van der Waals surface area contributed by atoms with Gasteiger partial charge in [0.25, 0.3) is 0 Å². The van der Waals surface area contributed by atoms with E-state index in [1.54, 1.807) is 45.0 Å². The third-order valence-electron chi connectivity index (χ3n) is 5.84. The first-order valence-electron chi connectivity index (χ1n) is 12.0. The van der Waals surface area contributed by atoms with E-state index in [1.807, 2.05) is 0 Å². The van der Waals surface area contributed by atoms with Crippen LogP contribution >= 0.6 is 0 Å². The Kier molecular flexibility index (Phi) is 9.37. The lowest BCUT2D eigenvalue weighted by Crippen LogP contribution is -2.45. The molecule has 1 fully saturated rings. The molecule has 1 aliphatic rings. The van der Waals surface area contributed by atoms with Crippen LogP contribution in [-0.4, -0.2) is 59.6 Å². The standard InChI is InChI=1S/C26H31F2N3O6/c1-5-35-25(34)23-18(7-6-10-29-23)13-30-24(33)20-11-19(14-31(20)16(4)32)17-8-9-21(37-26(27)28)22(12-17)36-15(2)3/h6-10,12,15,19-20,26H,5,11,13-14H2,1-4H3,(H,30,33)/t19?,20-/m1/s1. The first-order chi connectivity index (χ1) is 17.6. The number of likely N-dealkylation sites (tertiary alicyclic amines) is 1. The molecular weight excluding hydrogens is 488 g/mol. The Morgan fingerprint density at radius 1 is 1.16 bits per heavy atom. The van der Waals surface area contributed by atoms with Crippen molar-refractivity contribution in [3.05, 3.63) is 53.3 Å². The molecule has 3 rings (SSSR count). The summed E-state index contributed by atoms with van der Waals surface area (Å²) in [4.78, 5) is 43.2. The van der Waals surface area contributed by atoms with Crippen LogP contribution in [0.5, 0.6) is 11.5 Å².